The number of benzene rings is 1. The van der Waals surface area contributed by atoms with Gasteiger partial charge in [0.1, 0.15) is 5.75 Å². The number of nitrogens with zero attached hydrogens (tertiary/aromatic N) is 1. The van der Waals surface area contributed by atoms with E-state index in [0.717, 1.165) is 11.1 Å². The van der Waals surface area contributed by atoms with Crippen LogP contribution in [0.5, 0.6) is 5.75 Å². The molecule has 18 heavy (non-hydrogen) atoms. The van der Waals surface area contributed by atoms with Gasteiger partial charge >= 0.3 is 5.97 Å². The molecule has 92 valence electrons. The van der Waals surface area contributed by atoms with Crippen molar-refractivity contribution in [3.05, 3.63) is 42.2 Å². The second-order valence-electron chi connectivity index (χ2n) is 3.67. The highest BCUT2D eigenvalue weighted by Crippen LogP contribution is 2.30. The third-order valence-electron chi connectivity index (χ3n) is 2.54. The van der Waals surface area contributed by atoms with Gasteiger partial charge in [0, 0.05) is 17.3 Å². The third kappa shape index (κ3) is 2.10. The summed E-state index contributed by atoms with van der Waals surface area (Å²) in [5.74, 6) is -0.458. The minimum absolute atomic E-state index is 0.130. The first-order chi connectivity index (χ1) is 8.63. The second-order valence-corrected chi connectivity index (χ2v) is 3.67. The Morgan fingerprint density at radius 2 is 2.11 bits per heavy atom. The van der Waals surface area contributed by atoms with E-state index in [1.807, 2.05) is 24.3 Å². The first-order valence-corrected chi connectivity index (χ1v) is 5.25. The number of methoxy groups -OCH3 is 1. The van der Waals surface area contributed by atoms with Crippen molar-refractivity contribution < 1.29 is 14.6 Å². The minimum atomic E-state index is -1.14. The molecule has 0 radical (unpaired) electrons. The van der Waals surface area contributed by atoms with Crippen molar-refractivity contribution in [1.29, 1.82) is 0 Å². The Hall–Kier alpha value is -2.56. The summed E-state index contributed by atoms with van der Waals surface area (Å²) in [5.41, 5.74) is 7.19. The number of para-hydroxylation sites is 1. The molecule has 5 heteroatoms. The van der Waals surface area contributed by atoms with E-state index in [4.69, 9.17) is 15.6 Å². The maximum absolute atomic E-state index is 10.8. The first kappa shape index (κ1) is 11.9. The molecule has 1 aromatic heterocycles. The lowest BCUT2D eigenvalue weighted by molar-refractivity contribution is 0.0692. The molecule has 0 saturated heterocycles. The van der Waals surface area contributed by atoms with Crippen LogP contribution in [0.3, 0.4) is 0 Å². The Kier molecular flexibility index (Phi) is 3.14. The second kappa shape index (κ2) is 4.75. The molecule has 0 spiro atoms. The maximum atomic E-state index is 10.8. The molecule has 0 unspecified atom stereocenters. The third-order valence-corrected chi connectivity index (χ3v) is 2.54. The van der Waals surface area contributed by atoms with Crippen LogP contribution in [0.25, 0.3) is 11.1 Å². The predicted molar refractivity (Wildman–Crippen MR) is 67.6 cm³/mol. The van der Waals surface area contributed by atoms with Crippen LogP contribution < -0.4 is 10.5 Å². The summed E-state index contributed by atoms with van der Waals surface area (Å²) in [6.07, 6.45) is 1.47. The molecular weight excluding hydrogens is 232 g/mol. The van der Waals surface area contributed by atoms with Crippen molar-refractivity contribution in [1.82, 2.24) is 4.98 Å². The zero-order valence-corrected chi connectivity index (χ0v) is 9.75. The van der Waals surface area contributed by atoms with Crippen molar-refractivity contribution in [3.8, 4) is 16.9 Å². The molecule has 0 saturated carbocycles. The van der Waals surface area contributed by atoms with Crippen LogP contribution in [0.4, 0.5) is 5.69 Å². The Bertz CT molecular complexity index is 597. The number of carboxylic acid groups (broad SMARTS) is 1. The molecule has 0 aliphatic rings. The number of carbonyl (C=O) groups is 1. The van der Waals surface area contributed by atoms with Gasteiger partial charge in [0.2, 0.25) is 0 Å². The molecule has 1 heterocycles. The fourth-order valence-corrected chi connectivity index (χ4v) is 1.69. The number of anilines is 1. The SMILES string of the molecule is COc1ccccc1-c1cnc(C(=O)O)c(N)c1. The van der Waals surface area contributed by atoms with E-state index in [-0.39, 0.29) is 11.4 Å². The van der Waals surface area contributed by atoms with Crippen molar-refractivity contribution >= 4 is 11.7 Å². The zero-order valence-electron chi connectivity index (χ0n) is 9.75. The van der Waals surface area contributed by atoms with Crippen molar-refractivity contribution in [2.24, 2.45) is 0 Å². The summed E-state index contributed by atoms with van der Waals surface area (Å²) in [4.78, 5) is 14.7. The number of nitrogens with two attached hydrogens (primary N) is 1. The number of hydrogen-bond acceptors (Lipinski definition) is 4. The minimum Gasteiger partial charge on any atom is -0.496 e. The predicted octanol–water partition coefficient (Wildman–Crippen LogP) is 2.04. The molecule has 5 nitrogen and oxygen atoms in total. The highest BCUT2D eigenvalue weighted by Gasteiger charge is 2.12. The van der Waals surface area contributed by atoms with E-state index in [1.54, 1.807) is 13.2 Å². The molecule has 2 rings (SSSR count). The Morgan fingerprint density at radius 1 is 1.39 bits per heavy atom. The van der Waals surface area contributed by atoms with E-state index in [2.05, 4.69) is 4.98 Å². The Labute approximate surface area is 104 Å². The van der Waals surface area contributed by atoms with Crippen molar-refractivity contribution in [2.75, 3.05) is 12.8 Å². The average molecular weight is 244 g/mol. The highest BCUT2D eigenvalue weighted by atomic mass is 16.5. The van der Waals surface area contributed by atoms with Gasteiger partial charge in [-0.15, -0.1) is 0 Å². The van der Waals surface area contributed by atoms with Gasteiger partial charge in [-0.3, -0.25) is 0 Å². The molecule has 0 atom stereocenters. The van der Waals surface area contributed by atoms with Crippen LogP contribution in [0, 0.1) is 0 Å². The van der Waals surface area contributed by atoms with Gasteiger partial charge in [-0.2, -0.15) is 0 Å². The van der Waals surface area contributed by atoms with Crippen LogP contribution in [-0.2, 0) is 0 Å². The highest BCUT2D eigenvalue weighted by molar-refractivity contribution is 5.92. The van der Waals surface area contributed by atoms with Crippen LogP contribution in [-0.4, -0.2) is 23.2 Å². The lowest BCUT2D eigenvalue weighted by Crippen LogP contribution is -2.05. The maximum Gasteiger partial charge on any atom is 0.356 e. The van der Waals surface area contributed by atoms with Gasteiger partial charge in [-0.25, -0.2) is 9.78 Å². The molecule has 0 aliphatic carbocycles. The van der Waals surface area contributed by atoms with Crippen molar-refractivity contribution in [2.45, 2.75) is 0 Å². The van der Waals surface area contributed by atoms with Gasteiger partial charge in [-0.05, 0) is 12.1 Å². The van der Waals surface area contributed by atoms with Crippen LogP contribution >= 0.6 is 0 Å². The van der Waals surface area contributed by atoms with Crippen LogP contribution in [0.2, 0.25) is 0 Å². The monoisotopic (exact) mass is 244 g/mol. The zero-order chi connectivity index (χ0) is 13.1. The molecule has 1 aromatic carbocycles. The van der Waals surface area contributed by atoms with Gasteiger partial charge in [-0.1, -0.05) is 18.2 Å². The summed E-state index contributed by atoms with van der Waals surface area (Å²) in [6.45, 7) is 0. The standard InChI is InChI=1S/C13H12N2O3/c1-18-11-5-3-2-4-9(11)8-6-10(14)12(13(16)17)15-7-8/h2-7H,14H2,1H3,(H,16,17). The molecule has 2 aromatic rings. The number of hydrogen-bond donors (Lipinski definition) is 2. The van der Waals surface area contributed by atoms with Gasteiger partial charge in [0.25, 0.3) is 0 Å². The Morgan fingerprint density at radius 3 is 2.72 bits per heavy atom. The van der Waals surface area contributed by atoms with Gasteiger partial charge in [0.15, 0.2) is 5.69 Å². The number of nitrogen functional groups attached to an aromatic ring is 1. The van der Waals surface area contributed by atoms with Crippen LogP contribution in [0.1, 0.15) is 10.5 Å². The van der Waals surface area contributed by atoms with E-state index in [0.29, 0.717) is 5.75 Å². The topological polar surface area (TPSA) is 85.4 Å². The summed E-state index contributed by atoms with van der Waals surface area (Å²) in [5, 5.41) is 8.86. The molecule has 0 bridgehead atoms. The fraction of sp³-hybridized carbons (Fsp3) is 0.0769. The Balaban J connectivity index is 2.52. The first-order valence-electron chi connectivity index (χ1n) is 5.25. The average Bonchev–Trinajstić information content (AvgIpc) is 2.38. The fourth-order valence-electron chi connectivity index (χ4n) is 1.69. The summed E-state index contributed by atoms with van der Waals surface area (Å²) in [7, 11) is 1.57. The number of pyridine rings is 1. The number of ether oxygens (including phenoxy) is 1. The summed E-state index contributed by atoms with van der Waals surface area (Å²) < 4.78 is 5.23. The van der Waals surface area contributed by atoms with E-state index in [9.17, 15) is 4.79 Å². The molecule has 3 N–H and O–H groups in total. The quantitative estimate of drug-likeness (QED) is 0.862. The van der Waals surface area contributed by atoms with Gasteiger partial charge in [0.05, 0.1) is 12.8 Å². The van der Waals surface area contributed by atoms with E-state index < -0.39 is 5.97 Å². The van der Waals surface area contributed by atoms with Crippen LogP contribution in [0.15, 0.2) is 36.5 Å². The molecular formula is C13H12N2O3. The number of carboxylic acids is 1. The largest absolute Gasteiger partial charge is 0.496 e. The number of aromatic carboxylic acids is 1. The molecule has 0 aliphatic heterocycles. The lowest BCUT2D eigenvalue weighted by Gasteiger charge is -2.09. The lowest BCUT2D eigenvalue weighted by atomic mass is 10.1. The summed E-state index contributed by atoms with van der Waals surface area (Å²) >= 11 is 0. The molecule has 0 fully saturated rings. The van der Waals surface area contributed by atoms with Crippen molar-refractivity contribution in [3.63, 3.8) is 0 Å². The summed E-state index contributed by atoms with van der Waals surface area (Å²) in [6, 6.07) is 8.96. The number of aromatic nitrogens is 1. The van der Waals surface area contributed by atoms with E-state index in [1.165, 1.54) is 6.20 Å². The van der Waals surface area contributed by atoms with E-state index >= 15 is 0 Å². The smallest absolute Gasteiger partial charge is 0.356 e. The number of rotatable bonds is 3. The normalized spacial score (nSPS) is 10.1. The molecule has 0 amide bonds. The van der Waals surface area contributed by atoms with Gasteiger partial charge < -0.3 is 15.6 Å².